The van der Waals surface area contributed by atoms with E-state index < -0.39 is 5.97 Å². The van der Waals surface area contributed by atoms with Gasteiger partial charge in [0.15, 0.2) is 5.69 Å². The van der Waals surface area contributed by atoms with Crippen LogP contribution in [0.2, 0.25) is 0 Å². The van der Waals surface area contributed by atoms with E-state index in [2.05, 4.69) is 20.0 Å². The van der Waals surface area contributed by atoms with E-state index in [4.69, 9.17) is 4.74 Å². The molecule has 0 fully saturated rings. The Labute approximate surface area is 156 Å². The van der Waals surface area contributed by atoms with Crippen LogP contribution in [-0.2, 0) is 30.8 Å². The first-order valence-electron chi connectivity index (χ1n) is 9.22. The molecule has 0 aliphatic carbocycles. The molecule has 0 unspecified atom stereocenters. The molecule has 27 heavy (non-hydrogen) atoms. The molecule has 2 N–H and O–H groups in total. The number of aromatic amines is 1. The Kier molecular flexibility index (Phi) is 4.91. The molecule has 1 aromatic carbocycles. The average molecular weight is 369 g/mol. The summed E-state index contributed by atoms with van der Waals surface area (Å²) >= 11 is 0. The molecular formula is C19H23N5O3. The van der Waals surface area contributed by atoms with Crippen molar-refractivity contribution in [1.82, 2.24) is 24.6 Å². The highest BCUT2D eigenvalue weighted by Crippen LogP contribution is 2.25. The number of hydrogen-bond donors (Lipinski definition) is 2. The number of para-hydroxylation sites is 2. The average Bonchev–Trinajstić information content (AvgIpc) is 3.23. The van der Waals surface area contributed by atoms with Gasteiger partial charge in [-0.2, -0.15) is 5.10 Å². The van der Waals surface area contributed by atoms with Crippen molar-refractivity contribution in [3.63, 3.8) is 0 Å². The van der Waals surface area contributed by atoms with Crippen molar-refractivity contribution in [3.05, 3.63) is 47.0 Å². The summed E-state index contributed by atoms with van der Waals surface area (Å²) in [6, 6.07) is 7.96. The molecule has 0 saturated carbocycles. The smallest absolute Gasteiger partial charge is 0.359 e. The highest BCUT2D eigenvalue weighted by Gasteiger charge is 2.29. The summed E-state index contributed by atoms with van der Waals surface area (Å²) < 4.78 is 6.90. The number of nitrogens with one attached hydrogen (secondary N) is 1. The Morgan fingerprint density at radius 3 is 3.00 bits per heavy atom. The fraction of sp³-hybridized carbons (Fsp3) is 0.421. The number of nitrogens with zero attached hydrogens (tertiary/aromatic N) is 4. The molecule has 0 radical (unpaired) electrons. The van der Waals surface area contributed by atoms with Gasteiger partial charge in [-0.15, -0.1) is 0 Å². The maximum Gasteiger partial charge on any atom is 0.359 e. The second-order valence-corrected chi connectivity index (χ2v) is 6.60. The number of ether oxygens (including phenoxy) is 1. The number of aliphatic hydroxyl groups is 1. The minimum Gasteiger partial charge on any atom is -0.461 e. The maximum atomic E-state index is 12.3. The largest absolute Gasteiger partial charge is 0.461 e. The third-order valence-corrected chi connectivity index (χ3v) is 4.81. The number of rotatable bonds is 6. The van der Waals surface area contributed by atoms with Crippen LogP contribution in [0.4, 0.5) is 0 Å². The number of H-pyrrole nitrogens is 1. The second-order valence-electron chi connectivity index (χ2n) is 6.60. The third kappa shape index (κ3) is 3.45. The summed E-state index contributed by atoms with van der Waals surface area (Å²) in [5.74, 6) is 0.496. The van der Waals surface area contributed by atoms with Crippen molar-refractivity contribution in [3.8, 4) is 0 Å². The van der Waals surface area contributed by atoms with E-state index in [1.807, 2.05) is 24.3 Å². The summed E-state index contributed by atoms with van der Waals surface area (Å²) in [5, 5.41) is 13.7. The molecule has 1 aliphatic heterocycles. The van der Waals surface area contributed by atoms with Crippen LogP contribution in [0.1, 0.15) is 34.5 Å². The molecule has 0 bridgehead atoms. The second kappa shape index (κ2) is 7.50. The number of hydrogen-bond acceptors (Lipinski definition) is 6. The first-order valence-corrected chi connectivity index (χ1v) is 9.22. The Morgan fingerprint density at radius 2 is 2.22 bits per heavy atom. The first kappa shape index (κ1) is 17.7. The van der Waals surface area contributed by atoms with Gasteiger partial charge in [-0.1, -0.05) is 12.1 Å². The normalized spacial score (nSPS) is 14.4. The zero-order chi connectivity index (χ0) is 18.8. The molecule has 0 atom stereocenters. The SMILES string of the molecule is CCOC(=O)c1nn(CCO)c2c1CN(Cc1nc3ccccc3[nH]1)CC2. The van der Waals surface area contributed by atoms with Gasteiger partial charge < -0.3 is 14.8 Å². The monoisotopic (exact) mass is 369 g/mol. The number of fused-ring (bicyclic) bond motifs is 2. The molecule has 2 aromatic heterocycles. The van der Waals surface area contributed by atoms with Crippen molar-refractivity contribution in [2.24, 2.45) is 0 Å². The molecule has 0 spiro atoms. The van der Waals surface area contributed by atoms with E-state index in [1.165, 1.54) is 0 Å². The standard InChI is InChI=1S/C19H23N5O3/c1-2-27-19(26)18-13-11-23(8-7-16(13)24(22-18)9-10-25)12-17-20-14-5-3-4-6-15(14)21-17/h3-6,25H,2,7-12H2,1H3,(H,20,21). The summed E-state index contributed by atoms with van der Waals surface area (Å²) in [6.07, 6.45) is 0.766. The fourth-order valence-corrected chi connectivity index (χ4v) is 3.62. The Morgan fingerprint density at radius 1 is 1.37 bits per heavy atom. The van der Waals surface area contributed by atoms with Crippen LogP contribution < -0.4 is 0 Å². The molecule has 142 valence electrons. The van der Waals surface area contributed by atoms with Crippen molar-refractivity contribution in [2.45, 2.75) is 33.0 Å². The number of benzene rings is 1. The molecular weight excluding hydrogens is 346 g/mol. The van der Waals surface area contributed by atoms with Crippen LogP contribution in [0, 0.1) is 0 Å². The quantitative estimate of drug-likeness (QED) is 0.639. The van der Waals surface area contributed by atoms with Crippen LogP contribution in [0.15, 0.2) is 24.3 Å². The number of aliphatic hydroxyl groups excluding tert-OH is 1. The minimum absolute atomic E-state index is 0.0148. The van der Waals surface area contributed by atoms with E-state index in [0.717, 1.165) is 41.1 Å². The van der Waals surface area contributed by atoms with Gasteiger partial charge in [-0.05, 0) is 19.1 Å². The zero-order valence-corrected chi connectivity index (χ0v) is 15.3. The maximum absolute atomic E-state index is 12.3. The number of carbonyl (C=O) groups excluding carboxylic acids is 1. The lowest BCUT2D eigenvalue weighted by Gasteiger charge is -2.26. The fourth-order valence-electron chi connectivity index (χ4n) is 3.62. The lowest BCUT2D eigenvalue weighted by Crippen LogP contribution is -2.32. The predicted octanol–water partition coefficient (Wildman–Crippen LogP) is 1.49. The summed E-state index contributed by atoms with van der Waals surface area (Å²) in [5.41, 5.74) is 4.23. The van der Waals surface area contributed by atoms with Crippen molar-refractivity contribution < 1.29 is 14.6 Å². The van der Waals surface area contributed by atoms with Gasteiger partial charge in [-0.25, -0.2) is 9.78 Å². The van der Waals surface area contributed by atoms with Gasteiger partial charge >= 0.3 is 5.97 Å². The lowest BCUT2D eigenvalue weighted by molar-refractivity contribution is 0.0515. The molecule has 0 saturated heterocycles. The van der Waals surface area contributed by atoms with Gasteiger partial charge in [0.05, 0.1) is 37.3 Å². The van der Waals surface area contributed by atoms with Crippen LogP contribution >= 0.6 is 0 Å². The highest BCUT2D eigenvalue weighted by molar-refractivity contribution is 5.89. The molecule has 8 nitrogen and oxygen atoms in total. The molecule has 0 amide bonds. The summed E-state index contributed by atoms with van der Waals surface area (Å²) in [6.45, 7) is 4.56. The third-order valence-electron chi connectivity index (χ3n) is 4.81. The van der Waals surface area contributed by atoms with E-state index in [9.17, 15) is 9.90 Å². The molecule has 3 heterocycles. The zero-order valence-electron chi connectivity index (χ0n) is 15.3. The lowest BCUT2D eigenvalue weighted by atomic mass is 10.0. The molecule has 3 aromatic rings. The van der Waals surface area contributed by atoms with E-state index in [0.29, 0.717) is 31.9 Å². The molecule has 8 heteroatoms. The summed E-state index contributed by atoms with van der Waals surface area (Å²) in [7, 11) is 0. The Balaban J connectivity index is 1.58. The van der Waals surface area contributed by atoms with Crippen LogP contribution in [0.5, 0.6) is 0 Å². The number of carbonyl (C=O) groups is 1. The number of imidazole rings is 1. The van der Waals surface area contributed by atoms with Gasteiger partial charge in [0.2, 0.25) is 0 Å². The molecule has 1 aliphatic rings. The predicted molar refractivity (Wildman–Crippen MR) is 99.2 cm³/mol. The van der Waals surface area contributed by atoms with Crippen LogP contribution in [0.25, 0.3) is 11.0 Å². The van der Waals surface area contributed by atoms with Crippen molar-refractivity contribution in [1.29, 1.82) is 0 Å². The number of esters is 1. The van der Waals surface area contributed by atoms with E-state index in [1.54, 1.807) is 11.6 Å². The van der Waals surface area contributed by atoms with Gasteiger partial charge in [0, 0.05) is 30.8 Å². The van der Waals surface area contributed by atoms with Crippen molar-refractivity contribution in [2.75, 3.05) is 19.8 Å². The van der Waals surface area contributed by atoms with E-state index >= 15 is 0 Å². The van der Waals surface area contributed by atoms with Gasteiger partial charge in [-0.3, -0.25) is 9.58 Å². The minimum atomic E-state index is -0.406. The highest BCUT2D eigenvalue weighted by atomic mass is 16.5. The van der Waals surface area contributed by atoms with Crippen LogP contribution in [0.3, 0.4) is 0 Å². The Hall–Kier alpha value is -2.71. The molecule has 4 rings (SSSR count). The van der Waals surface area contributed by atoms with Gasteiger partial charge in [0.1, 0.15) is 5.82 Å². The summed E-state index contributed by atoms with van der Waals surface area (Å²) in [4.78, 5) is 22.6. The number of aromatic nitrogens is 4. The van der Waals surface area contributed by atoms with Gasteiger partial charge in [0.25, 0.3) is 0 Å². The topological polar surface area (TPSA) is 96.3 Å². The van der Waals surface area contributed by atoms with Crippen LogP contribution in [-0.4, -0.2) is 55.5 Å². The van der Waals surface area contributed by atoms with Crippen molar-refractivity contribution >= 4 is 17.0 Å². The first-order chi connectivity index (χ1) is 13.2. The van der Waals surface area contributed by atoms with E-state index in [-0.39, 0.29) is 6.61 Å². The Bertz CT molecular complexity index is 929.